The molecule has 0 unspecified atom stereocenters. The Bertz CT molecular complexity index is 120. The summed E-state index contributed by atoms with van der Waals surface area (Å²) in [5.41, 5.74) is 0. The van der Waals surface area contributed by atoms with Gasteiger partial charge in [0.1, 0.15) is 0 Å². The smallest absolute Gasteiger partial charge is 0.0431 e. The molecule has 0 saturated heterocycles. The molecule has 1 rings (SSSR count). The van der Waals surface area contributed by atoms with Crippen LogP contribution in [0, 0.1) is 5.92 Å². The van der Waals surface area contributed by atoms with Crippen molar-refractivity contribution in [2.45, 2.75) is 64.2 Å². The Hall–Kier alpha value is -0.0800. The largest absolute Gasteiger partial charge is 0.396 e. The SMILES string of the molecule is COC.OCCCCCCC1CCCCC1. The summed E-state index contributed by atoms with van der Waals surface area (Å²) in [5, 5.41) is 8.61. The van der Waals surface area contributed by atoms with Gasteiger partial charge in [0, 0.05) is 20.8 Å². The lowest BCUT2D eigenvalue weighted by Crippen LogP contribution is -2.05. The molecule has 0 aromatic heterocycles. The molecular formula is C14H30O2. The van der Waals surface area contributed by atoms with E-state index < -0.39 is 0 Å². The first-order valence-electron chi connectivity index (χ1n) is 6.86. The molecule has 1 aliphatic carbocycles. The molecule has 1 aliphatic rings. The van der Waals surface area contributed by atoms with E-state index in [2.05, 4.69) is 4.74 Å². The van der Waals surface area contributed by atoms with Crippen LogP contribution in [0.15, 0.2) is 0 Å². The minimum atomic E-state index is 0.378. The summed E-state index contributed by atoms with van der Waals surface area (Å²) in [6.45, 7) is 0.378. The number of rotatable bonds is 6. The summed E-state index contributed by atoms with van der Waals surface area (Å²) in [6, 6.07) is 0. The summed E-state index contributed by atoms with van der Waals surface area (Å²) < 4.78 is 4.25. The average Bonchev–Trinajstić information content (AvgIpc) is 2.31. The van der Waals surface area contributed by atoms with E-state index >= 15 is 0 Å². The van der Waals surface area contributed by atoms with Crippen LogP contribution in [0.1, 0.15) is 64.2 Å². The van der Waals surface area contributed by atoms with Crippen molar-refractivity contribution in [2.75, 3.05) is 20.8 Å². The van der Waals surface area contributed by atoms with Crippen molar-refractivity contribution in [3.63, 3.8) is 0 Å². The first kappa shape index (κ1) is 15.9. The molecule has 0 aromatic rings. The number of methoxy groups -OCH3 is 1. The van der Waals surface area contributed by atoms with Crippen molar-refractivity contribution >= 4 is 0 Å². The van der Waals surface area contributed by atoms with Gasteiger partial charge >= 0.3 is 0 Å². The molecule has 1 N–H and O–H groups in total. The molecule has 98 valence electrons. The number of hydrogen-bond donors (Lipinski definition) is 1. The van der Waals surface area contributed by atoms with Crippen LogP contribution in [-0.2, 0) is 4.74 Å². The van der Waals surface area contributed by atoms with Crippen LogP contribution in [0.4, 0.5) is 0 Å². The molecule has 0 amide bonds. The summed E-state index contributed by atoms with van der Waals surface area (Å²) >= 11 is 0. The zero-order chi connectivity index (χ0) is 12.1. The van der Waals surface area contributed by atoms with E-state index in [0.717, 1.165) is 12.3 Å². The highest BCUT2D eigenvalue weighted by molar-refractivity contribution is 4.65. The number of aliphatic hydroxyl groups is 1. The van der Waals surface area contributed by atoms with Crippen molar-refractivity contribution in [3.05, 3.63) is 0 Å². The Morgan fingerprint density at radius 1 is 0.938 bits per heavy atom. The van der Waals surface area contributed by atoms with Crippen LogP contribution in [0.2, 0.25) is 0 Å². The fourth-order valence-electron chi connectivity index (χ4n) is 2.37. The van der Waals surface area contributed by atoms with Crippen LogP contribution in [-0.4, -0.2) is 25.9 Å². The maximum atomic E-state index is 8.61. The molecule has 2 nitrogen and oxygen atoms in total. The predicted octanol–water partition coefficient (Wildman–Crippen LogP) is 3.77. The lowest BCUT2D eigenvalue weighted by Gasteiger charge is -2.21. The second-order valence-corrected chi connectivity index (χ2v) is 4.84. The minimum Gasteiger partial charge on any atom is -0.396 e. The van der Waals surface area contributed by atoms with Crippen LogP contribution < -0.4 is 0 Å². The molecule has 16 heavy (non-hydrogen) atoms. The number of ether oxygens (including phenoxy) is 1. The zero-order valence-electron chi connectivity index (χ0n) is 11.2. The number of hydrogen-bond acceptors (Lipinski definition) is 2. The molecule has 0 aromatic carbocycles. The van der Waals surface area contributed by atoms with Gasteiger partial charge in [-0.25, -0.2) is 0 Å². The van der Waals surface area contributed by atoms with Crippen molar-refractivity contribution in [3.8, 4) is 0 Å². The van der Waals surface area contributed by atoms with Crippen LogP contribution >= 0.6 is 0 Å². The highest BCUT2D eigenvalue weighted by Crippen LogP contribution is 2.27. The fraction of sp³-hybridized carbons (Fsp3) is 1.00. The normalized spacial score (nSPS) is 16.7. The lowest BCUT2D eigenvalue weighted by molar-refractivity contribution is 0.277. The average molecular weight is 230 g/mol. The van der Waals surface area contributed by atoms with Gasteiger partial charge in [0.25, 0.3) is 0 Å². The van der Waals surface area contributed by atoms with Crippen molar-refractivity contribution < 1.29 is 9.84 Å². The van der Waals surface area contributed by atoms with Crippen molar-refractivity contribution in [1.82, 2.24) is 0 Å². The third kappa shape index (κ3) is 10.4. The van der Waals surface area contributed by atoms with E-state index in [4.69, 9.17) is 5.11 Å². The molecule has 2 heteroatoms. The molecule has 0 bridgehead atoms. The highest BCUT2D eigenvalue weighted by Gasteiger charge is 2.12. The highest BCUT2D eigenvalue weighted by atomic mass is 16.4. The molecule has 1 fully saturated rings. The van der Waals surface area contributed by atoms with Crippen molar-refractivity contribution in [1.29, 1.82) is 0 Å². The van der Waals surface area contributed by atoms with Gasteiger partial charge in [-0.1, -0.05) is 57.8 Å². The van der Waals surface area contributed by atoms with E-state index in [9.17, 15) is 0 Å². The van der Waals surface area contributed by atoms with E-state index in [1.807, 2.05) is 0 Å². The predicted molar refractivity (Wildman–Crippen MR) is 69.7 cm³/mol. The molecule has 0 spiro atoms. The maximum Gasteiger partial charge on any atom is 0.0431 e. The number of aliphatic hydroxyl groups excluding tert-OH is 1. The molecule has 0 heterocycles. The Labute approximate surface area is 101 Å². The number of unbranched alkanes of at least 4 members (excludes halogenated alkanes) is 3. The van der Waals surface area contributed by atoms with Gasteiger partial charge in [0.05, 0.1) is 0 Å². The minimum absolute atomic E-state index is 0.378. The Kier molecular flexibility index (Phi) is 12.9. The van der Waals surface area contributed by atoms with Crippen LogP contribution in [0.3, 0.4) is 0 Å². The quantitative estimate of drug-likeness (QED) is 0.704. The summed E-state index contributed by atoms with van der Waals surface area (Å²) in [5.74, 6) is 1.04. The first-order valence-corrected chi connectivity index (χ1v) is 6.86. The first-order chi connectivity index (χ1) is 7.85. The maximum absolute atomic E-state index is 8.61. The summed E-state index contributed by atoms with van der Waals surface area (Å²) in [4.78, 5) is 0. The topological polar surface area (TPSA) is 29.5 Å². The van der Waals surface area contributed by atoms with E-state index in [-0.39, 0.29) is 0 Å². The summed E-state index contributed by atoms with van der Waals surface area (Å²) in [6.07, 6.45) is 13.8. The van der Waals surface area contributed by atoms with Crippen LogP contribution in [0.5, 0.6) is 0 Å². The standard InChI is InChI=1S/C12H24O.C2H6O/c13-11-7-2-1-4-8-12-9-5-3-6-10-12;1-3-2/h12-13H,1-11H2;1-2H3. The van der Waals surface area contributed by atoms with E-state index in [0.29, 0.717) is 6.61 Å². The molecular weight excluding hydrogens is 200 g/mol. The molecule has 1 saturated carbocycles. The third-order valence-electron chi connectivity index (χ3n) is 3.25. The monoisotopic (exact) mass is 230 g/mol. The van der Waals surface area contributed by atoms with Gasteiger partial charge in [-0.15, -0.1) is 0 Å². The third-order valence-corrected chi connectivity index (χ3v) is 3.25. The van der Waals surface area contributed by atoms with Gasteiger partial charge in [-0.3, -0.25) is 0 Å². The zero-order valence-corrected chi connectivity index (χ0v) is 11.2. The van der Waals surface area contributed by atoms with Gasteiger partial charge in [0.2, 0.25) is 0 Å². The molecule has 0 atom stereocenters. The Morgan fingerprint density at radius 2 is 1.50 bits per heavy atom. The van der Waals surface area contributed by atoms with Gasteiger partial charge in [-0.05, 0) is 12.3 Å². The molecule has 0 aliphatic heterocycles. The second kappa shape index (κ2) is 13.0. The Morgan fingerprint density at radius 3 is 2.06 bits per heavy atom. The fourth-order valence-corrected chi connectivity index (χ4v) is 2.37. The lowest BCUT2D eigenvalue weighted by atomic mass is 9.85. The Balaban J connectivity index is 0.000000673. The van der Waals surface area contributed by atoms with Gasteiger partial charge in [0.15, 0.2) is 0 Å². The molecule has 0 radical (unpaired) electrons. The van der Waals surface area contributed by atoms with Gasteiger partial charge < -0.3 is 9.84 Å². The summed E-state index contributed by atoms with van der Waals surface area (Å²) in [7, 11) is 3.25. The van der Waals surface area contributed by atoms with Crippen molar-refractivity contribution in [2.24, 2.45) is 5.92 Å². The van der Waals surface area contributed by atoms with E-state index in [1.165, 1.54) is 57.8 Å². The second-order valence-electron chi connectivity index (χ2n) is 4.84. The van der Waals surface area contributed by atoms with Gasteiger partial charge in [-0.2, -0.15) is 0 Å². The van der Waals surface area contributed by atoms with E-state index in [1.54, 1.807) is 14.2 Å². The van der Waals surface area contributed by atoms with Crippen LogP contribution in [0.25, 0.3) is 0 Å².